The summed E-state index contributed by atoms with van der Waals surface area (Å²) in [7, 11) is 0. The Balaban J connectivity index is 0.000000464. The quantitative estimate of drug-likeness (QED) is 0.508. The highest BCUT2D eigenvalue weighted by atomic mass is 16.6. The van der Waals surface area contributed by atoms with Gasteiger partial charge in [-0.05, 0) is 90.7 Å². The van der Waals surface area contributed by atoms with Crippen LogP contribution in [0.5, 0.6) is 11.5 Å². The predicted octanol–water partition coefficient (Wildman–Crippen LogP) is 5.99. The van der Waals surface area contributed by atoms with Crippen LogP contribution in [-0.2, 0) is 4.79 Å². The number of hydrogen-bond donors (Lipinski definition) is 1. The second-order valence-corrected chi connectivity index (χ2v) is 11.4. The third-order valence-electron chi connectivity index (χ3n) is 8.98. The summed E-state index contributed by atoms with van der Waals surface area (Å²) in [4.78, 5) is 12.1. The Kier molecular flexibility index (Phi) is 6.57. The van der Waals surface area contributed by atoms with Gasteiger partial charge >= 0.3 is 0 Å². The van der Waals surface area contributed by atoms with E-state index in [1.165, 1.54) is 16.7 Å². The number of fused-ring (bicyclic) bond motifs is 5. The molecule has 2 saturated carbocycles. The predicted molar refractivity (Wildman–Crippen MR) is 137 cm³/mol. The second-order valence-electron chi connectivity index (χ2n) is 11.4. The molecule has 4 nitrogen and oxygen atoms in total. The molecule has 5 aliphatic rings. The third kappa shape index (κ3) is 4.33. The Bertz CT molecular complexity index is 1100. The minimum atomic E-state index is -0.223. The van der Waals surface area contributed by atoms with Crippen LogP contribution >= 0.6 is 0 Å². The van der Waals surface area contributed by atoms with E-state index in [9.17, 15) is 9.90 Å². The highest BCUT2D eigenvalue weighted by Gasteiger charge is 2.56. The molecule has 0 radical (unpaired) electrons. The summed E-state index contributed by atoms with van der Waals surface area (Å²) in [6.07, 6.45) is 13.2. The average Bonchev–Trinajstić information content (AvgIpc) is 3.17. The molecular weight excluding hydrogens is 436 g/mol. The number of aliphatic hydroxyl groups is 1. The van der Waals surface area contributed by atoms with Crippen molar-refractivity contribution < 1.29 is 19.4 Å². The van der Waals surface area contributed by atoms with Gasteiger partial charge in [0.25, 0.3) is 0 Å². The standard InChI is InChI=1S/C26H30O4.C5H8/c1-26-14-20(16-3-8-22-23(13-16)30-11-10-29-22)25-18-6-4-17(27)12-15(18)2-5-19(25)21(26)7-9-24(26)28;1-4-5(2)3/h3,8,12-13,19-21,24,28H,2,4-7,9-11,14H2,1H3;1,5H,2-3H3. The maximum absolute atomic E-state index is 12.1. The van der Waals surface area contributed by atoms with Gasteiger partial charge in [-0.15, -0.1) is 12.3 Å². The first-order chi connectivity index (χ1) is 16.8. The number of ether oxygens (including phenoxy) is 2. The van der Waals surface area contributed by atoms with Gasteiger partial charge < -0.3 is 14.6 Å². The molecule has 5 unspecified atom stereocenters. The molecular formula is C31H38O4. The van der Waals surface area contributed by atoms with Crippen molar-refractivity contribution in [2.75, 3.05) is 13.2 Å². The lowest BCUT2D eigenvalue weighted by atomic mass is 9.53. The number of allylic oxidation sites excluding steroid dienone is 4. The number of terminal acetylenes is 1. The van der Waals surface area contributed by atoms with Gasteiger partial charge in [-0.3, -0.25) is 4.79 Å². The van der Waals surface area contributed by atoms with Crippen molar-refractivity contribution in [3.63, 3.8) is 0 Å². The highest BCUT2D eigenvalue weighted by Crippen LogP contribution is 2.64. The number of aliphatic hydroxyl groups excluding tert-OH is 1. The Morgan fingerprint density at radius 1 is 1.09 bits per heavy atom. The van der Waals surface area contributed by atoms with Crippen LogP contribution in [0.15, 0.2) is 41.0 Å². The van der Waals surface area contributed by atoms with Gasteiger partial charge in [0.1, 0.15) is 13.2 Å². The van der Waals surface area contributed by atoms with Crippen LogP contribution in [0.3, 0.4) is 0 Å². The van der Waals surface area contributed by atoms with Gasteiger partial charge in [0.05, 0.1) is 6.10 Å². The molecule has 5 atom stereocenters. The Labute approximate surface area is 209 Å². The monoisotopic (exact) mass is 474 g/mol. The first-order valence-corrected chi connectivity index (χ1v) is 13.3. The summed E-state index contributed by atoms with van der Waals surface area (Å²) in [5.74, 6) is 6.21. The maximum atomic E-state index is 12.1. The lowest BCUT2D eigenvalue weighted by Gasteiger charge is -2.52. The Morgan fingerprint density at radius 2 is 1.83 bits per heavy atom. The maximum Gasteiger partial charge on any atom is 0.161 e. The number of ketones is 1. The molecule has 2 fully saturated rings. The first-order valence-electron chi connectivity index (χ1n) is 13.3. The lowest BCUT2D eigenvalue weighted by molar-refractivity contribution is -0.114. The third-order valence-corrected chi connectivity index (χ3v) is 8.98. The smallest absolute Gasteiger partial charge is 0.161 e. The van der Waals surface area contributed by atoms with E-state index in [0.29, 0.717) is 37.4 Å². The van der Waals surface area contributed by atoms with Crippen molar-refractivity contribution in [3.8, 4) is 23.8 Å². The van der Waals surface area contributed by atoms with Crippen LogP contribution in [0.4, 0.5) is 0 Å². The zero-order valence-electron chi connectivity index (χ0n) is 21.3. The average molecular weight is 475 g/mol. The van der Waals surface area contributed by atoms with Crippen molar-refractivity contribution in [1.82, 2.24) is 0 Å². The van der Waals surface area contributed by atoms with Crippen LogP contribution in [-0.4, -0.2) is 30.2 Å². The largest absolute Gasteiger partial charge is 0.486 e. The van der Waals surface area contributed by atoms with E-state index in [4.69, 9.17) is 15.9 Å². The molecule has 0 saturated heterocycles. The van der Waals surface area contributed by atoms with E-state index in [0.717, 1.165) is 50.0 Å². The van der Waals surface area contributed by atoms with E-state index in [1.807, 2.05) is 26.0 Å². The number of rotatable bonds is 1. The molecule has 0 bridgehead atoms. The molecule has 1 aromatic rings. The zero-order valence-corrected chi connectivity index (χ0v) is 21.3. The number of benzene rings is 1. The first kappa shape index (κ1) is 24.2. The molecule has 35 heavy (non-hydrogen) atoms. The minimum absolute atomic E-state index is 0.0433. The molecule has 4 aliphatic carbocycles. The van der Waals surface area contributed by atoms with Crippen molar-refractivity contribution in [2.45, 2.75) is 77.7 Å². The van der Waals surface area contributed by atoms with E-state index >= 15 is 0 Å². The van der Waals surface area contributed by atoms with Gasteiger partial charge in [-0.25, -0.2) is 0 Å². The molecule has 0 spiro atoms. The lowest BCUT2D eigenvalue weighted by Crippen LogP contribution is -2.45. The highest BCUT2D eigenvalue weighted by molar-refractivity contribution is 5.93. The molecule has 4 heteroatoms. The van der Waals surface area contributed by atoms with Crippen LogP contribution in [0.1, 0.15) is 77.2 Å². The molecule has 6 rings (SSSR count). The molecule has 1 N–H and O–H groups in total. The van der Waals surface area contributed by atoms with Crippen LogP contribution in [0.2, 0.25) is 0 Å². The van der Waals surface area contributed by atoms with E-state index < -0.39 is 0 Å². The van der Waals surface area contributed by atoms with Crippen LogP contribution < -0.4 is 9.47 Å². The van der Waals surface area contributed by atoms with E-state index in [2.05, 4.69) is 25.0 Å². The topological polar surface area (TPSA) is 55.8 Å². The van der Waals surface area contributed by atoms with Crippen molar-refractivity contribution in [1.29, 1.82) is 0 Å². The Morgan fingerprint density at radius 3 is 2.57 bits per heavy atom. The van der Waals surface area contributed by atoms with Gasteiger partial charge in [0.15, 0.2) is 17.3 Å². The number of carbonyl (C=O) groups is 1. The molecule has 186 valence electrons. The molecule has 0 aromatic heterocycles. The van der Waals surface area contributed by atoms with E-state index in [-0.39, 0.29) is 23.2 Å². The summed E-state index contributed by atoms with van der Waals surface area (Å²) < 4.78 is 11.7. The fourth-order valence-corrected chi connectivity index (χ4v) is 7.21. The zero-order chi connectivity index (χ0) is 24.7. The fraction of sp³-hybridized carbons (Fsp3) is 0.581. The minimum Gasteiger partial charge on any atom is -0.486 e. The number of hydrogen-bond acceptors (Lipinski definition) is 4. The van der Waals surface area contributed by atoms with Gasteiger partial charge in [-0.1, -0.05) is 32.4 Å². The van der Waals surface area contributed by atoms with Crippen molar-refractivity contribution in [3.05, 3.63) is 46.6 Å². The Hall–Kier alpha value is -2.51. The van der Waals surface area contributed by atoms with Crippen LogP contribution in [0.25, 0.3) is 0 Å². The van der Waals surface area contributed by atoms with Gasteiger partial charge in [0.2, 0.25) is 0 Å². The van der Waals surface area contributed by atoms with Gasteiger partial charge in [-0.2, -0.15) is 0 Å². The molecule has 1 aliphatic heterocycles. The normalized spacial score (nSPS) is 33.0. The summed E-state index contributed by atoms with van der Waals surface area (Å²) in [5, 5.41) is 11.0. The summed E-state index contributed by atoms with van der Waals surface area (Å²) in [6, 6.07) is 6.41. The van der Waals surface area contributed by atoms with E-state index in [1.54, 1.807) is 5.57 Å². The summed E-state index contributed by atoms with van der Waals surface area (Å²) in [6.45, 7) is 7.48. The second kappa shape index (κ2) is 9.51. The summed E-state index contributed by atoms with van der Waals surface area (Å²) in [5.41, 5.74) is 5.52. The van der Waals surface area contributed by atoms with Gasteiger partial charge in [0, 0.05) is 18.3 Å². The van der Waals surface area contributed by atoms with Crippen molar-refractivity contribution in [2.24, 2.45) is 23.2 Å². The van der Waals surface area contributed by atoms with Crippen molar-refractivity contribution >= 4 is 5.78 Å². The molecule has 1 aromatic carbocycles. The summed E-state index contributed by atoms with van der Waals surface area (Å²) >= 11 is 0. The SMILES string of the molecule is C#CC(C)C.CC12CC(c3ccc4c(c3)OCCO4)C3=C4CCC(=O)C=C4CCC3C1CCC2O. The van der Waals surface area contributed by atoms with Crippen LogP contribution in [0, 0.1) is 35.5 Å². The fourth-order valence-electron chi connectivity index (χ4n) is 7.21. The molecule has 0 amide bonds. The molecule has 1 heterocycles. The number of carbonyl (C=O) groups excluding carboxylic acids is 1.